The maximum Gasteiger partial charge on any atom is 0.354 e. The summed E-state index contributed by atoms with van der Waals surface area (Å²) < 4.78 is 0. The molecule has 1 aromatic rings. The molecule has 0 saturated carbocycles. The lowest BCUT2D eigenvalue weighted by Crippen LogP contribution is -2.06. The van der Waals surface area contributed by atoms with Gasteiger partial charge in [0.1, 0.15) is 5.69 Å². The topological polar surface area (TPSA) is 87.5 Å². The van der Waals surface area contributed by atoms with Crippen LogP contribution >= 0.6 is 0 Å². The average Bonchev–Trinajstić information content (AvgIpc) is 2.04. The molecule has 0 atom stereocenters. The van der Waals surface area contributed by atoms with E-state index in [4.69, 9.17) is 10.2 Å². The lowest BCUT2D eigenvalue weighted by atomic mass is 10.1. The molecule has 0 saturated heterocycles. The van der Waals surface area contributed by atoms with Gasteiger partial charge in [-0.2, -0.15) is 0 Å². The van der Waals surface area contributed by atoms with E-state index >= 15 is 0 Å². The summed E-state index contributed by atoms with van der Waals surface area (Å²) in [4.78, 5) is 24.6. The van der Waals surface area contributed by atoms with Gasteiger partial charge in [0.05, 0.1) is 5.56 Å². The summed E-state index contributed by atoms with van der Waals surface area (Å²) in [7, 11) is 0. The van der Waals surface area contributed by atoms with Gasteiger partial charge < -0.3 is 10.2 Å². The minimum atomic E-state index is -1.23. The molecule has 68 valence electrons. The maximum atomic E-state index is 10.6. The van der Waals surface area contributed by atoms with Crippen molar-refractivity contribution in [3.63, 3.8) is 0 Å². The minimum absolute atomic E-state index is 0.0348. The third-order valence-electron chi connectivity index (χ3n) is 1.55. The van der Waals surface area contributed by atoms with Gasteiger partial charge in [-0.3, -0.25) is 0 Å². The number of nitrogens with zero attached hydrogens (tertiary/aromatic N) is 1. The Morgan fingerprint density at radius 1 is 1.31 bits per heavy atom. The van der Waals surface area contributed by atoms with Gasteiger partial charge in [-0.25, -0.2) is 14.6 Å². The van der Waals surface area contributed by atoms with Gasteiger partial charge in [-0.15, -0.1) is 0 Å². The lowest BCUT2D eigenvalue weighted by molar-refractivity contribution is 0.0690. The van der Waals surface area contributed by atoms with E-state index in [1.165, 1.54) is 6.20 Å². The fraction of sp³-hybridized carbons (Fsp3) is 0.125. The maximum absolute atomic E-state index is 10.6. The van der Waals surface area contributed by atoms with Gasteiger partial charge in [-0.1, -0.05) is 0 Å². The Bertz CT molecular complexity index is 372. The van der Waals surface area contributed by atoms with Crippen molar-refractivity contribution >= 4 is 11.9 Å². The standard InChI is InChI=1S/C8H7NO4/c1-4-3-9-6(8(12)13)2-5(4)7(10)11/h2-3H,1H3,(H,10,11)(H,12,13). The number of hydrogen-bond acceptors (Lipinski definition) is 3. The van der Waals surface area contributed by atoms with Crippen LogP contribution in [0.4, 0.5) is 0 Å². The van der Waals surface area contributed by atoms with Gasteiger partial charge in [0.15, 0.2) is 0 Å². The van der Waals surface area contributed by atoms with E-state index in [0.29, 0.717) is 5.56 Å². The fourth-order valence-electron chi connectivity index (χ4n) is 0.871. The molecular weight excluding hydrogens is 174 g/mol. The monoisotopic (exact) mass is 181 g/mol. The molecular formula is C8H7NO4. The van der Waals surface area contributed by atoms with E-state index in [1.807, 2.05) is 0 Å². The van der Waals surface area contributed by atoms with E-state index in [-0.39, 0.29) is 11.3 Å². The third kappa shape index (κ3) is 1.81. The van der Waals surface area contributed by atoms with E-state index in [1.54, 1.807) is 6.92 Å². The predicted octanol–water partition coefficient (Wildman–Crippen LogP) is 0.786. The Morgan fingerprint density at radius 3 is 2.38 bits per heavy atom. The molecule has 0 fully saturated rings. The van der Waals surface area contributed by atoms with Crippen molar-refractivity contribution < 1.29 is 19.8 Å². The van der Waals surface area contributed by atoms with Crippen LogP contribution in [0.1, 0.15) is 26.4 Å². The first-order chi connectivity index (χ1) is 6.02. The van der Waals surface area contributed by atoms with E-state index < -0.39 is 11.9 Å². The van der Waals surface area contributed by atoms with Gasteiger partial charge in [-0.05, 0) is 18.6 Å². The second-order valence-corrected chi connectivity index (χ2v) is 2.49. The van der Waals surface area contributed by atoms with Crippen LogP contribution in [-0.2, 0) is 0 Å². The molecule has 2 N–H and O–H groups in total. The zero-order valence-electron chi connectivity index (χ0n) is 6.81. The van der Waals surface area contributed by atoms with Crippen molar-refractivity contribution in [2.24, 2.45) is 0 Å². The summed E-state index contributed by atoms with van der Waals surface area (Å²) in [6.45, 7) is 1.56. The number of aromatic carboxylic acids is 2. The Hall–Kier alpha value is -1.91. The molecule has 1 aromatic heterocycles. The Labute approximate surface area is 73.7 Å². The molecule has 13 heavy (non-hydrogen) atoms. The Kier molecular flexibility index (Phi) is 2.27. The molecule has 1 rings (SSSR count). The highest BCUT2D eigenvalue weighted by molar-refractivity contribution is 5.93. The summed E-state index contributed by atoms with van der Waals surface area (Å²) in [6, 6.07) is 1.04. The van der Waals surface area contributed by atoms with Crippen LogP contribution in [0.3, 0.4) is 0 Å². The second-order valence-electron chi connectivity index (χ2n) is 2.49. The SMILES string of the molecule is Cc1cnc(C(=O)O)cc1C(=O)O. The molecule has 0 aromatic carbocycles. The molecule has 0 radical (unpaired) electrons. The van der Waals surface area contributed by atoms with Gasteiger partial charge >= 0.3 is 11.9 Å². The molecule has 5 nitrogen and oxygen atoms in total. The first-order valence-electron chi connectivity index (χ1n) is 3.45. The first kappa shape index (κ1) is 9.18. The quantitative estimate of drug-likeness (QED) is 0.704. The van der Waals surface area contributed by atoms with Crippen molar-refractivity contribution in [2.45, 2.75) is 6.92 Å². The summed E-state index contributed by atoms with van der Waals surface area (Å²) in [5.74, 6) is -2.38. The van der Waals surface area contributed by atoms with E-state index in [0.717, 1.165) is 6.07 Å². The smallest absolute Gasteiger partial charge is 0.354 e. The molecule has 0 unspecified atom stereocenters. The molecule has 0 bridgehead atoms. The summed E-state index contributed by atoms with van der Waals surface area (Å²) in [5, 5.41) is 17.2. The Balaban J connectivity index is 3.27. The lowest BCUT2D eigenvalue weighted by Gasteiger charge is -2.00. The van der Waals surface area contributed by atoms with Crippen LogP contribution < -0.4 is 0 Å². The van der Waals surface area contributed by atoms with E-state index in [2.05, 4.69) is 4.98 Å². The van der Waals surface area contributed by atoms with Crippen LogP contribution in [-0.4, -0.2) is 27.1 Å². The fourth-order valence-corrected chi connectivity index (χ4v) is 0.871. The second kappa shape index (κ2) is 3.22. The number of carboxylic acids is 2. The van der Waals surface area contributed by atoms with E-state index in [9.17, 15) is 9.59 Å². The highest BCUT2D eigenvalue weighted by Crippen LogP contribution is 2.08. The zero-order valence-corrected chi connectivity index (χ0v) is 6.81. The van der Waals surface area contributed by atoms with Crippen molar-refractivity contribution in [3.8, 4) is 0 Å². The number of hydrogen-bond donors (Lipinski definition) is 2. The third-order valence-corrected chi connectivity index (χ3v) is 1.55. The summed E-state index contributed by atoms with van der Waals surface area (Å²) in [6.07, 6.45) is 1.23. The number of rotatable bonds is 2. The summed E-state index contributed by atoms with van der Waals surface area (Å²) in [5.41, 5.74) is 0.146. The average molecular weight is 181 g/mol. The first-order valence-corrected chi connectivity index (χ1v) is 3.45. The number of pyridine rings is 1. The molecule has 1 heterocycles. The normalized spacial score (nSPS) is 9.62. The molecule has 0 spiro atoms. The molecule has 0 aliphatic rings. The number of aryl methyl sites for hydroxylation is 1. The van der Waals surface area contributed by atoms with Crippen molar-refractivity contribution in [3.05, 3.63) is 29.1 Å². The van der Waals surface area contributed by atoms with Gasteiger partial charge in [0.25, 0.3) is 0 Å². The largest absolute Gasteiger partial charge is 0.478 e. The summed E-state index contributed by atoms with van der Waals surface area (Å²) >= 11 is 0. The molecule has 5 heteroatoms. The van der Waals surface area contributed by atoms with Crippen molar-refractivity contribution in [2.75, 3.05) is 0 Å². The van der Waals surface area contributed by atoms with Crippen LogP contribution in [0.15, 0.2) is 12.3 Å². The number of carbonyl (C=O) groups is 2. The molecule has 0 aliphatic heterocycles. The van der Waals surface area contributed by atoms with Gasteiger partial charge in [0, 0.05) is 6.20 Å². The van der Waals surface area contributed by atoms with Crippen LogP contribution in [0.25, 0.3) is 0 Å². The number of aromatic nitrogens is 1. The zero-order chi connectivity index (χ0) is 10.0. The molecule has 0 amide bonds. The van der Waals surface area contributed by atoms with Crippen LogP contribution in [0.5, 0.6) is 0 Å². The highest BCUT2D eigenvalue weighted by Gasteiger charge is 2.12. The Morgan fingerprint density at radius 2 is 1.92 bits per heavy atom. The highest BCUT2D eigenvalue weighted by atomic mass is 16.4. The molecule has 0 aliphatic carbocycles. The van der Waals surface area contributed by atoms with Crippen LogP contribution in [0.2, 0.25) is 0 Å². The van der Waals surface area contributed by atoms with Crippen molar-refractivity contribution in [1.29, 1.82) is 0 Å². The van der Waals surface area contributed by atoms with Crippen LogP contribution in [0, 0.1) is 6.92 Å². The minimum Gasteiger partial charge on any atom is -0.478 e. The van der Waals surface area contributed by atoms with Crippen molar-refractivity contribution in [1.82, 2.24) is 4.98 Å². The van der Waals surface area contributed by atoms with Gasteiger partial charge in [0.2, 0.25) is 0 Å². The predicted molar refractivity (Wildman–Crippen MR) is 42.9 cm³/mol. The number of carboxylic acid groups (broad SMARTS) is 2.